The molecule has 0 N–H and O–H groups in total. The Labute approximate surface area is 146 Å². The van der Waals surface area contributed by atoms with Gasteiger partial charge in [-0.15, -0.1) is 0 Å². The number of hydrogen-bond acceptors (Lipinski definition) is 4. The van der Waals surface area contributed by atoms with Crippen LogP contribution in [-0.2, 0) is 16.3 Å². The molecule has 1 atom stereocenters. The van der Waals surface area contributed by atoms with E-state index < -0.39 is 9.84 Å². The van der Waals surface area contributed by atoms with Crippen molar-refractivity contribution in [1.29, 1.82) is 0 Å². The van der Waals surface area contributed by atoms with E-state index in [1.165, 1.54) is 17.2 Å². The third kappa shape index (κ3) is 4.04. The lowest BCUT2D eigenvalue weighted by Gasteiger charge is -2.23. The number of nitrogens with zero attached hydrogens (tertiary/aromatic N) is 2. The van der Waals surface area contributed by atoms with Gasteiger partial charge in [0.15, 0.2) is 9.84 Å². The predicted molar refractivity (Wildman–Crippen MR) is 92.6 cm³/mol. The Hall–Kier alpha value is -2.28. The van der Waals surface area contributed by atoms with Crippen LogP contribution in [0, 0.1) is 5.82 Å². The van der Waals surface area contributed by atoms with E-state index in [-0.39, 0.29) is 29.3 Å². The van der Waals surface area contributed by atoms with Crippen molar-refractivity contribution in [3.05, 3.63) is 65.2 Å². The number of carbonyl (C=O) groups excluding carboxylic acids is 1. The molecule has 0 bridgehead atoms. The second-order valence-electron chi connectivity index (χ2n) is 6.32. The lowest BCUT2D eigenvalue weighted by Crippen LogP contribution is -2.37. The first-order valence-corrected chi connectivity index (χ1v) is 9.83. The summed E-state index contributed by atoms with van der Waals surface area (Å²) in [7, 11) is -1.45. The zero-order valence-corrected chi connectivity index (χ0v) is 14.7. The van der Waals surface area contributed by atoms with Crippen LogP contribution in [0.4, 0.5) is 4.39 Å². The molecule has 1 aliphatic rings. The van der Waals surface area contributed by atoms with Crippen LogP contribution in [0.3, 0.4) is 0 Å². The van der Waals surface area contributed by atoms with Gasteiger partial charge in [0.2, 0.25) is 0 Å². The van der Waals surface area contributed by atoms with E-state index in [4.69, 9.17) is 0 Å². The van der Waals surface area contributed by atoms with Gasteiger partial charge < -0.3 is 4.90 Å². The molecule has 0 radical (unpaired) electrons. The van der Waals surface area contributed by atoms with Gasteiger partial charge in [-0.25, -0.2) is 12.8 Å². The molecule has 0 aliphatic carbocycles. The predicted octanol–water partition coefficient (Wildman–Crippen LogP) is 2.07. The Kier molecular flexibility index (Phi) is 4.85. The Bertz CT molecular complexity index is 899. The van der Waals surface area contributed by atoms with E-state index in [0.29, 0.717) is 24.0 Å². The third-order valence-electron chi connectivity index (χ3n) is 4.47. The molecule has 132 valence electrons. The highest BCUT2D eigenvalue weighted by Crippen LogP contribution is 2.19. The second-order valence-corrected chi connectivity index (χ2v) is 8.55. The fraction of sp³-hybridized carbons (Fsp3) is 0.333. The minimum Gasteiger partial charge on any atom is -0.338 e. The number of aromatic nitrogens is 1. The quantitative estimate of drug-likeness (QED) is 0.835. The number of amides is 1. The van der Waals surface area contributed by atoms with E-state index >= 15 is 0 Å². The molecule has 1 aliphatic heterocycles. The molecule has 1 aromatic carbocycles. The van der Waals surface area contributed by atoms with Gasteiger partial charge >= 0.3 is 0 Å². The fourth-order valence-electron chi connectivity index (χ4n) is 3.01. The molecule has 1 saturated heterocycles. The highest BCUT2D eigenvalue weighted by Gasteiger charge is 2.33. The lowest BCUT2D eigenvalue weighted by atomic mass is 10.0. The largest absolute Gasteiger partial charge is 0.338 e. The van der Waals surface area contributed by atoms with Crippen molar-refractivity contribution in [3.8, 4) is 0 Å². The molecule has 2 heterocycles. The number of hydrogen-bond donors (Lipinski definition) is 0. The zero-order valence-electron chi connectivity index (χ0n) is 13.9. The van der Waals surface area contributed by atoms with Crippen molar-refractivity contribution in [3.63, 3.8) is 0 Å². The highest BCUT2D eigenvalue weighted by atomic mass is 32.2. The first-order valence-electron chi connectivity index (χ1n) is 8.00. The zero-order chi connectivity index (χ0) is 18.0. The smallest absolute Gasteiger partial charge is 0.255 e. The highest BCUT2D eigenvalue weighted by molar-refractivity contribution is 7.91. The van der Waals surface area contributed by atoms with E-state index in [1.54, 1.807) is 37.5 Å². The molecule has 5 nitrogen and oxygen atoms in total. The minimum absolute atomic E-state index is 0.00239. The molecule has 25 heavy (non-hydrogen) atoms. The number of carbonyl (C=O) groups is 1. The number of rotatable bonds is 4. The average molecular weight is 362 g/mol. The second kappa shape index (κ2) is 6.92. The van der Waals surface area contributed by atoms with E-state index in [9.17, 15) is 17.6 Å². The number of halogens is 1. The summed E-state index contributed by atoms with van der Waals surface area (Å²) in [6.45, 7) is 0. The van der Waals surface area contributed by atoms with Crippen LogP contribution >= 0.6 is 0 Å². The van der Waals surface area contributed by atoms with E-state index in [2.05, 4.69) is 4.98 Å². The summed E-state index contributed by atoms with van der Waals surface area (Å²) in [6, 6.07) is 7.84. The molecule has 1 fully saturated rings. The third-order valence-corrected chi connectivity index (χ3v) is 6.22. The summed E-state index contributed by atoms with van der Waals surface area (Å²) in [5, 5.41) is 0. The van der Waals surface area contributed by atoms with Gasteiger partial charge in [-0.3, -0.25) is 9.78 Å². The van der Waals surface area contributed by atoms with Gasteiger partial charge in [-0.1, -0.05) is 18.2 Å². The van der Waals surface area contributed by atoms with Crippen molar-refractivity contribution in [2.45, 2.75) is 18.9 Å². The van der Waals surface area contributed by atoms with Crippen molar-refractivity contribution in [1.82, 2.24) is 9.88 Å². The molecule has 1 amide bonds. The monoisotopic (exact) mass is 362 g/mol. The molecular formula is C18H19FN2O3S. The Morgan fingerprint density at radius 2 is 2.08 bits per heavy atom. The normalized spacial score (nSPS) is 18.9. The fourth-order valence-corrected chi connectivity index (χ4v) is 4.79. The van der Waals surface area contributed by atoms with Gasteiger partial charge in [0.05, 0.1) is 17.1 Å². The van der Waals surface area contributed by atoms with Gasteiger partial charge in [0, 0.05) is 31.9 Å². The van der Waals surface area contributed by atoms with Crippen molar-refractivity contribution >= 4 is 15.7 Å². The van der Waals surface area contributed by atoms with Crippen LogP contribution in [0.5, 0.6) is 0 Å². The van der Waals surface area contributed by atoms with Gasteiger partial charge in [0.1, 0.15) is 5.82 Å². The van der Waals surface area contributed by atoms with E-state index in [0.717, 1.165) is 5.56 Å². The van der Waals surface area contributed by atoms with Crippen molar-refractivity contribution < 1.29 is 17.6 Å². The maximum absolute atomic E-state index is 13.8. The van der Waals surface area contributed by atoms with Crippen LogP contribution in [0.2, 0.25) is 0 Å². The number of pyridine rings is 1. The summed E-state index contributed by atoms with van der Waals surface area (Å²) in [6.07, 6.45) is 3.84. The summed E-state index contributed by atoms with van der Waals surface area (Å²) < 4.78 is 37.0. The van der Waals surface area contributed by atoms with Gasteiger partial charge in [-0.05, 0) is 29.7 Å². The minimum atomic E-state index is -3.06. The lowest BCUT2D eigenvalue weighted by molar-refractivity contribution is 0.0747. The molecule has 0 spiro atoms. The first kappa shape index (κ1) is 17.5. The molecule has 3 rings (SSSR count). The van der Waals surface area contributed by atoms with Crippen molar-refractivity contribution in [2.75, 3.05) is 18.6 Å². The summed E-state index contributed by atoms with van der Waals surface area (Å²) in [4.78, 5) is 18.2. The first-order chi connectivity index (χ1) is 11.9. The Morgan fingerprint density at radius 1 is 1.32 bits per heavy atom. The van der Waals surface area contributed by atoms with Crippen LogP contribution in [0.25, 0.3) is 0 Å². The molecule has 7 heteroatoms. The maximum Gasteiger partial charge on any atom is 0.255 e. The van der Waals surface area contributed by atoms with Gasteiger partial charge in [0.25, 0.3) is 5.91 Å². The summed E-state index contributed by atoms with van der Waals surface area (Å²) in [5.74, 6) is -0.462. The van der Waals surface area contributed by atoms with Crippen molar-refractivity contribution in [2.24, 2.45) is 0 Å². The summed E-state index contributed by atoms with van der Waals surface area (Å²) >= 11 is 0. The molecular weight excluding hydrogens is 343 g/mol. The van der Waals surface area contributed by atoms with Crippen LogP contribution in [0.1, 0.15) is 27.9 Å². The topological polar surface area (TPSA) is 67.3 Å². The van der Waals surface area contributed by atoms with Crippen LogP contribution in [0.15, 0.2) is 42.7 Å². The number of benzene rings is 1. The SMILES string of the molecule is CN(C(=O)c1cncc(Cc2ccccc2F)c1)[C@H]1CCS(=O)(=O)C1. The Morgan fingerprint density at radius 3 is 2.76 bits per heavy atom. The molecule has 2 aromatic rings. The van der Waals surface area contributed by atoms with Gasteiger partial charge in [-0.2, -0.15) is 0 Å². The standard InChI is InChI=1S/C18H19FN2O3S/c1-21(16-6-7-25(23,24)12-16)18(22)15-9-13(10-20-11-15)8-14-4-2-3-5-17(14)19/h2-5,9-11,16H,6-8,12H2,1H3/t16-/m0/s1. The molecule has 1 aromatic heterocycles. The maximum atomic E-state index is 13.8. The van der Waals surface area contributed by atoms with Crippen LogP contribution < -0.4 is 0 Å². The number of sulfone groups is 1. The molecule has 0 saturated carbocycles. The average Bonchev–Trinajstić information content (AvgIpc) is 2.96. The van der Waals surface area contributed by atoms with Crippen LogP contribution in [-0.4, -0.2) is 48.8 Å². The summed E-state index contributed by atoms with van der Waals surface area (Å²) in [5.41, 5.74) is 1.63. The Balaban J connectivity index is 1.77. The van der Waals surface area contributed by atoms with E-state index in [1.807, 2.05) is 0 Å². The molecule has 0 unspecified atom stereocenters.